The van der Waals surface area contributed by atoms with Crippen molar-refractivity contribution in [2.75, 3.05) is 4.90 Å². The SMILES string of the molecule is CCCCCCC(=O)Oc1cccc(N2C(=O)[C@@H]3[C@@H]4C[C@@H]([C@H](Br)[C@@H]4Br)[C@@H]3C2=O)c1. The van der Waals surface area contributed by atoms with Crippen LogP contribution in [0.5, 0.6) is 5.75 Å². The number of nitrogens with zero attached hydrogens (tertiary/aromatic N) is 1. The van der Waals surface area contributed by atoms with Gasteiger partial charge in [0.2, 0.25) is 11.8 Å². The van der Waals surface area contributed by atoms with Crippen LogP contribution in [0.25, 0.3) is 0 Å². The summed E-state index contributed by atoms with van der Waals surface area (Å²) in [5.41, 5.74) is 0.488. The molecule has 5 nitrogen and oxygen atoms in total. The molecule has 0 unspecified atom stereocenters. The van der Waals surface area contributed by atoms with Crippen LogP contribution in [0.3, 0.4) is 0 Å². The van der Waals surface area contributed by atoms with Gasteiger partial charge in [-0.2, -0.15) is 0 Å². The van der Waals surface area contributed by atoms with E-state index in [0.717, 1.165) is 32.1 Å². The molecule has 2 bridgehead atoms. The van der Waals surface area contributed by atoms with Crippen LogP contribution < -0.4 is 9.64 Å². The van der Waals surface area contributed by atoms with Crippen LogP contribution in [-0.2, 0) is 14.4 Å². The second-order valence-electron chi connectivity index (χ2n) is 8.30. The van der Waals surface area contributed by atoms with Gasteiger partial charge in [-0.05, 0) is 36.8 Å². The minimum absolute atomic E-state index is 0.126. The molecule has 6 atom stereocenters. The highest BCUT2D eigenvalue weighted by Crippen LogP contribution is 2.60. The van der Waals surface area contributed by atoms with Crippen molar-refractivity contribution in [3.63, 3.8) is 0 Å². The van der Waals surface area contributed by atoms with E-state index in [1.165, 1.54) is 4.90 Å². The molecule has 0 aromatic heterocycles. The molecule has 156 valence electrons. The van der Waals surface area contributed by atoms with E-state index in [0.29, 0.717) is 17.9 Å². The summed E-state index contributed by atoms with van der Waals surface area (Å²) in [6.45, 7) is 2.13. The minimum atomic E-state index is -0.281. The van der Waals surface area contributed by atoms with Gasteiger partial charge in [-0.15, -0.1) is 0 Å². The summed E-state index contributed by atoms with van der Waals surface area (Å²) < 4.78 is 5.44. The van der Waals surface area contributed by atoms with Crippen LogP contribution in [0, 0.1) is 23.7 Å². The molecule has 29 heavy (non-hydrogen) atoms. The standard InChI is InChI=1S/C22H25Br2NO4/c1-2-3-4-5-9-16(26)29-13-8-6-7-12(10-13)25-21(27)17-14-11-15(18(17)22(25)28)20(24)19(14)23/h6-8,10,14-15,17-20H,2-5,9,11H2,1H3/t14-,15+,17+,18-,19+,20-. The van der Waals surface area contributed by atoms with E-state index in [1.807, 2.05) is 0 Å². The number of unbranched alkanes of at least 4 members (excludes halogenated alkanes) is 3. The summed E-state index contributed by atoms with van der Waals surface area (Å²) in [4.78, 5) is 40.1. The van der Waals surface area contributed by atoms with Gasteiger partial charge in [-0.3, -0.25) is 14.4 Å². The number of halogens is 2. The van der Waals surface area contributed by atoms with Crippen molar-refractivity contribution in [1.82, 2.24) is 0 Å². The third-order valence-electron chi connectivity index (χ3n) is 6.53. The highest BCUT2D eigenvalue weighted by Gasteiger charge is 2.66. The van der Waals surface area contributed by atoms with Crippen molar-refractivity contribution < 1.29 is 19.1 Å². The number of carbonyl (C=O) groups is 3. The van der Waals surface area contributed by atoms with Gasteiger partial charge in [0.25, 0.3) is 0 Å². The van der Waals surface area contributed by atoms with Crippen LogP contribution in [-0.4, -0.2) is 27.4 Å². The smallest absolute Gasteiger partial charge is 0.311 e. The Hall–Kier alpha value is -1.21. The molecular weight excluding hydrogens is 502 g/mol. The number of hydrogen-bond acceptors (Lipinski definition) is 4. The Bertz CT molecular complexity index is 797. The number of alkyl halides is 2. The zero-order valence-corrected chi connectivity index (χ0v) is 19.5. The van der Waals surface area contributed by atoms with Crippen molar-refractivity contribution in [2.24, 2.45) is 23.7 Å². The maximum absolute atomic E-state index is 13.1. The summed E-state index contributed by atoms with van der Waals surface area (Å²) in [5.74, 6) is -0.304. The minimum Gasteiger partial charge on any atom is -0.426 e. The van der Waals surface area contributed by atoms with Crippen molar-refractivity contribution in [3.05, 3.63) is 24.3 Å². The number of imide groups is 1. The average Bonchev–Trinajstić information content (AvgIpc) is 3.30. The first-order chi connectivity index (χ1) is 13.9. The molecule has 2 saturated carbocycles. The first kappa shape index (κ1) is 21.0. The maximum Gasteiger partial charge on any atom is 0.311 e. The maximum atomic E-state index is 13.1. The number of esters is 1. The molecule has 3 fully saturated rings. The molecule has 7 heteroatoms. The number of carbonyl (C=O) groups excluding carboxylic acids is 3. The first-order valence-electron chi connectivity index (χ1n) is 10.4. The zero-order valence-electron chi connectivity index (χ0n) is 16.4. The molecule has 4 rings (SSSR count). The second-order valence-corrected chi connectivity index (χ2v) is 10.4. The Morgan fingerprint density at radius 1 is 1.07 bits per heavy atom. The monoisotopic (exact) mass is 525 g/mol. The van der Waals surface area contributed by atoms with Gasteiger partial charge in [-0.1, -0.05) is 64.1 Å². The molecule has 0 N–H and O–H groups in total. The van der Waals surface area contributed by atoms with Crippen LogP contribution in [0.2, 0.25) is 0 Å². The molecule has 1 aliphatic heterocycles. The summed E-state index contributed by atoms with van der Waals surface area (Å²) in [7, 11) is 0. The second kappa shape index (κ2) is 8.50. The third kappa shape index (κ3) is 3.69. The van der Waals surface area contributed by atoms with Gasteiger partial charge in [0.05, 0.1) is 17.5 Å². The number of fused-ring (bicyclic) bond motifs is 5. The predicted molar refractivity (Wildman–Crippen MR) is 117 cm³/mol. The lowest BCUT2D eigenvalue weighted by Crippen LogP contribution is -2.37. The lowest BCUT2D eigenvalue weighted by molar-refractivity contribution is -0.134. The summed E-state index contributed by atoms with van der Waals surface area (Å²) >= 11 is 7.41. The number of benzene rings is 1. The quantitative estimate of drug-likeness (QED) is 0.167. The number of amides is 2. The summed E-state index contributed by atoms with van der Waals surface area (Å²) in [6.07, 6.45) is 5.32. The van der Waals surface area contributed by atoms with E-state index in [-0.39, 0.29) is 51.1 Å². The topological polar surface area (TPSA) is 63.7 Å². The Balaban J connectivity index is 1.47. The fraction of sp³-hybridized carbons (Fsp3) is 0.591. The summed E-state index contributed by atoms with van der Waals surface area (Å²) in [6, 6.07) is 6.76. The summed E-state index contributed by atoms with van der Waals surface area (Å²) in [5, 5.41) is 0. The lowest BCUT2D eigenvalue weighted by Gasteiger charge is -2.28. The normalized spacial score (nSPS) is 32.7. The van der Waals surface area contributed by atoms with Crippen molar-refractivity contribution in [3.8, 4) is 5.75 Å². The molecule has 1 saturated heterocycles. The van der Waals surface area contributed by atoms with Crippen LogP contribution in [0.1, 0.15) is 45.4 Å². The molecule has 0 spiro atoms. The number of rotatable bonds is 7. The van der Waals surface area contributed by atoms with E-state index in [1.54, 1.807) is 24.3 Å². The zero-order chi connectivity index (χ0) is 20.7. The van der Waals surface area contributed by atoms with Crippen LogP contribution in [0.15, 0.2) is 24.3 Å². The highest BCUT2D eigenvalue weighted by atomic mass is 79.9. The highest BCUT2D eigenvalue weighted by molar-refractivity contribution is 9.12. The fourth-order valence-corrected chi connectivity index (χ4v) is 7.04. The Morgan fingerprint density at radius 2 is 1.72 bits per heavy atom. The molecule has 0 radical (unpaired) electrons. The number of ether oxygens (including phenoxy) is 1. The Labute approximate surface area is 187 Å². The first-order valence-corrected chi connectivity index (χ1v) is 12.2. The molecule has 1 heterocycles. The average molecular weight is 527 g/mol. The van der Waals surface area contributed by atoms with Crippen molar-refractivity contribution >= 4 is 55.3 Å². The van der Waals surface area contributed by atoms with Gasteiger partial charge in [0.15, 0.2) is 0 Å². The number of hydrogen-bond donors (Lipinski definition) is 0. The van der Waals surface area contributed by atoms with Crippen LogP contribution in [0.4, 0.5) is 5.69 Å². The van der Waals surface area contributed by atoms with Gasteiger partial charge >= 0.3 is 5.97 Å². The molecule has 2 aliphatic carbocycles. The van der Waals surface area contributed by atoms with E-state index >= 15 is 0 Å². The Morgan fingerprint density at radius 3 is 2.34 bits per heavy atom. The van der Waals surface area contributed by atoms with E-state index in [4.69, 9.17) is 4.74 Å². The molecule has 3 aliphatic rings. The van der Waals surface area contributed by atoms with Gasteiger partial charge in [-0.25, -0.2) is 4.90 Å². The van der Waals surface area contributed by atoms with E-state index < -0.39 is 0 Å². The Kier molecular flexibility index (Phi) is 6.17. The van der Waals surface area contributed by atoms with Crippen molar-refractivity contribution in [1.29, 1.82) is 0 Å². The van der Waals surface area contributed by atoms with Crippen molar-refractivity contribution in [2.45, 2.75) is 55.1 Å². The fourth-order valence-electron chi connectivity index (χ4n) is 5.17. The van der Waals surface area contributed by atoms with Gasteiger partial charge in [0.1, 0.15) is 5.75 Å². The third-order valence-corrected chi connectivity index (χ3v) is 9.74. The van der Waals surface area contributed by atoms with E-state index in [2.05, 4.69) is 38.8 Å². The lowest BCUT2D eigenvalue weighted by atomic mass is 9.81. The molecule has 2 amide bonds. The largest absolute Gasteiger partial charge is 0.426 e. The van der Waals surface area contributed by atoms with Crippen LogP contribution >= 0.6 is 31.9 Å². The predicted octanol–water partition coefficient (Wildman–Crippen LogP) is 4.84. The van der Waals surface area contributed by atoms with Gasteiger partial charge in [0, 0.05) is 22.1 Å². The number of anilines is 1. The molecule has 1 aromatic rings. The molecular formula is C22H25Br2NO4. The van der Waals surface area contributed by atoms with E-state index in [9.17, 15) is 14.4 Å². The molecule has 1 aromatic carbocycles. The van der Waals surface area contributed by atoms with Gasteiger partial charge < -0.3 is 4.74 Å².